The summed E-state index contributed by atoms with van der Waals surface area (Å²) in [6.45, 7) is 2.22. The maximum absolute atomic E-state index is 9.73. The summed E-state index contributed by atoms with van der Waals surface area (Å²) in [5.41, 5.74) is 0. The molecule has 0 radical (unpaired) electrons. The monoisotopic (exact) mass is 225 g/mol. The Morgan fingerprint density at radius 1 is 0.812 bits per heavy atom. The van der Waals surface area contributed by atoms with Crippen LogP contribution in [0.3, 0.4) is 0 Å². The zero-order valence-electron chi connectivity index (χ0n) is 10.5. The first-order valence-corrected chi connectivity index (χ1v) is 7.25. The Balaban J connectivity index is 1.59. The highest BCUT2D eigenvalue weighted by Crippen LogP contribution is 2.25. The van der Waals surface area contributed by atoms with E-state index in [9.17, 15) is 5.11 Å². The second-order valence-corrected chi connectivity index (χ2v) is 5.77. The summed E-state index contributed by atoms with van der Waals surface area (Å²) in [6, 6.07) is 0. The quantitative estimate of drug-likeness (QED) is 0.721. The molecule has 2 heteroatoms. The molecule has 2 saturated carbocycles. The molecule has 0 bridgehead atoms. The molecular weight excluding hydrogens is 198 g/mol. The van der Waals surface area contributed by atoms with Crippen LogP contribution in [-0.2, 0) is 0 Å². The Kier molecular flexibility index (Phi) is 5.11. The van der Waals surface area contributed by atoms with E-state index < -0.39 is 0 Å². The van der Waals surface area contributed by atoms with E-state index in [0.717, 1.165) is 18.9 Å². The fourth-order valence-corrected chi connectivity index (χ4v) is 3.30. The minimum absolute atomic E-state index is 0.0263. The van der Waals surface area contributed by atoms with Crippen LogP contribution >= 0.6 is 0 Å². The Bertz CT molecular complexity index is 187. The highest BCUT2D eigenvalue weighted by atomic mass is 16.3. The van der Waals surface area contributed by atoms with Gasteiger partial charge < -0.3 is 10.4 Å². The summed E-state index contributed by atoms with van der Waals surface area (Å²) >= 11 is 0. The molecule has 0 aliphatic heterocycles. The molecule has 94 valence electrons. The van der Waals surface area contributed by atoms with E-state index in [4.69, 9.17) is 0 Å². The highest BCUT2D eigenvalue weighted by molar-refractivity contribution is 4.78. The van der Waals surface area contributed by atoms with E-state index in [1.807, 2.05) is 0 Å². The lowest BCUT2D eigenvalue weighted by atomic mass is 9.99. The van der Waals surface area contributed by atoms with Crippen LogP contribution in [0.1, 0.15) is 57.8 Å². The maximum atomic E-state index is 9.73. The smallest absolute Gasteiger partial charge is 0.0580 e. The molecule has 16 heavy (non-hydrogen) atoms. The van der Waals surface area contributed by atoms with Gasteiger partial charge >= 0.3 is 0 Å². The molecule has 2 fully saturated rings. The summed E-state index contributed by atoms with van der Waals surface area (Å²) in [6.07, 6.45) is 12.0. The molecule has 0 aromatic carbocycles. The lowest BCUT2D eigenvalue weighted by Gasteiger charge is -2.19. The fraction of sp³-hybridized carbons (Fsp3) is 1.00. The van der Waals surface area contributed by atoms with Gasteiger partial charge in [-0.05, 0) is 44.1 Å². The maximum Gasteiger partial charge on any atom is 0.0580 e. The third-order valence-corrected chi connectivity index (χ3v) is 4.43. The third-order valence-electron chi connectivity index (χ3n) is 4.43. The van der Waals surface area contributed by atoms with Crippen LogP contribution in [0.4, 0.5) is 0 Å². The van der Waals surface area contributed by atoms with Gasteiger partial charge in [-0.3, -0.25) is 0 Å². The predicted molar refractivity (Wildman–Crippen MR) is 67.4 cm³/mol. The Morgan fingerprint density at radius 3 is 2.19 bits per heavy atom. The zero-order chi connectivity index (χ0) is 11.2. The second kappa shape index (κ2) is 6.61. The van der Waals surface area contributed by atoms with Crippen molar-refractivity contribution < 1.29 is 5.11 Å². The van der Waals surface area contributed by atoms with Gasteiger partial charge in [0.25, 0.3) is 0 Å². The number of hydrogen-bond acceptors (Lipinski definition) is 2. The van der Waals surface area contributed by atoms with Gasteiger partial charge in [-0.1, -0.05) is 32.1 Å². The Hall–Kier alpha value is -0.0800. The Labute approximate surface area is 99.8 Å². The number of hydrogen-bond donors (Lipinski definition) is 2. The van der Waals surface area contributed by atoms with E-state index in [1.54, 1.807) is 0 Å². The minimum Gasteiger partial charge on any atom is -0.393 e. The van der Waals surface area contributed by atoms with Crippen LogP contribution in [0.2, 0.25) is 0 Å². The van der Waals surface area contributed by atoms with Gasteiger partial charge in [0.15, 0.2) is 0 Å². The van der Waals surface area contributed by atoms with Crippen molar-refractivity contribution in [2.45, 2.75) is 63.9 Å². The van der Waals surface area contributed by atoms with Gasteiger partial charge in [-0.25, -0.2) is 0 Å². The van der Waals surface area contributed by atoms with Gasteiger partial charge in [0.2, 0.25) is 0 Å². The molecule has 0 aromatic rings. The normalized spacial score (nSPS) is 32.8. The van der Waals surface area contributed by atoms with Crippen molar-refractivity contribution in [3.8, 4) is 0 Å². The lowest BCUT2D eigenvalue weighted by molar-refractivity contribution is 0.131. The van der Waals surface area contributed by atoms with Gasteiger partial charge in [0.05, 0.1) is 6.10 Å². The summed E-state index contributed by atoms with van der Waals surface area (Å²) in [7, 11) is 0. The number of nitrogens with one attached hydrogen (secondary N) is 1. The lowest BCUT2D eigenvalue weighted by Crippen LogP contribution is -2.31. The second-order valence-electron chi connectivity index (χ2n) is 5.77. The van der Waals surface area contributed by atoms with E-state index in [2.05, 4.69) is 5.32 Å². The zero-order valence-corrected chi connectivity index (χ0v) is 10.5. The molecule has 2 atom stereocenters. The number of aliphatic hydroxyl groups is 1. The first kappa shape index (κ1) is 12.4. The largest absolute Gasteiger partial charge is 0.393 e. The van der Waals surface area contributed by atoms with Crippen LogP contribution in [0.5, 0.6) is 0 Å². The average Bonchev–Trinajstić information content (AvgIpc) is 2.55. The van der Waals surface area contributed by atoms with E-state index in [-0.39, 0.29) is 6.10 Å². The molecule has 0 saturated heterocycles. The average molecular weight is 225 g/mol. The molecule has 2 aliphatic carbocycles. The SMILES string of the molecule is OC1CCCC1CNCC1CCCCCC1. The van der Waals surface area contributed by atoms with E-state index in [1.165, 1.54) is 57.9 Å². The molecule has 2 N–H and O–H groups in total. The van der Waals surface area contributed by atoms with Gasteiger partial charge in [-0.15, -0.1) is 0 Å². The first-order chi connectivity index (χ1) is 7.86. The summed E-state index contributed by atoms with van der Waals surface area (Å²) < 4.78 is 0. The van der Waals surface area contributed by atoms with Crippen LogP contribution in [-0.4, -0.2) is 24.3 Å². The topological polar surface area (TPSA) is 32.3 Å². The van der Waals surface area contributed by atoms with Crippen molar-refractivity contribution in [3.63, 3.8) is 0 Å². The van der Waals surface area contributed by atoms with Gasteiger partial charge in [-0.2, -0.15) is 0 Å². The van der Waals surface area contributed by atoms with Gasteiger partial charge in [0, 0.05) is 6.54 Å². The molecular formula is C14H27NO. The van der Waals surface area contributed by atoms with Crippen LogP contribution < -0.4 is 5.32 Å². The Morgan fingerprint density at radius 2 is 1.56 bits per heavy atom. The van der Waals surface area contributed by atoms with Crippen molar-refractivity contribution >= 4 is 0 Å². The third kappa shape index (κ3) is 3.74. The number of aliphatic hydroxyl groups excluding tert-OH is 1. The number of rotatable bonds is 4. The predicted octanol–water partition coefficient (Wildman–Crippen LogP) is 2.71. The van der Waals surface area contributed by atoms with Crippen molar-refractivity contribution in [2.75, 3.05) is 13.1 Å². The van der Waals surface area contributed by atoms with E-state index in [0.29, 0.717) is 5.92 Å². The highest BCUT2D eigenvalue weighted by Gasteiger charge is 2.24. The molecule has 0 heterocycles. The van der Waals surface area contributed by atoms with E-state index >= 15 is 0 Å². The molecule has 0 spiro atoms. The molecule has 2 rings (SSSR count). The molecule has 2 nitrogen and oxygen atoms in total. The minimum atomic E-state index is -0.0263. The van der Waals surface area contributed by atoms with Crippen molar-refractivity contribution in [2.24, 2.45) is 11.8 Å². The van der Waals surface area contributed by atoms with Crippen molar-refractivity contribution in [3.05, 3.63) is 0 Å². The molecule has 2 unspecified atom stereocenters. The fourth-order valence-electron chi connectivity index (χ4n) is 3.30. The first-order valence-electron chi connectivity index (χ1n) is 7.25. The summed E-state index contributed by atoms with van der Waals surface area (Å²) in [5.74, 6) is 1.44. The summed E-state index contributed by atoms with van der Waals surface area (Å²) in [5, 5.41) is 13.3. The van der Waals surface area contributed by atoms with Crippen LogP contribution in [0.25, 0.3) is 0 Å². The van der Waals surface area contributed by atoms with Crippen molar-refractivity contribution in [1.82, 2.24) is 5.32 Å². The van der Waals surface area contributed by atoms with Gasteiger partial charge in [0.1, 0.15) is 0 Å². The molecule has 0 amide bonds. The molecule has 2 aliphatic rings. The standard InChI is InChI=1S/C14H27NO/c16-14-9-5-8-13(14)11-15-10-12-6-3-1-2-4-7-12/h12-16H,1-11H2. The van der Waals surface area contributed by atoms with Crippen molar-refractivity contribution in [1.29, 1.82) is 0 Å². The van der Waals surface area contributed by atoms with Crippen LogP contribution in [0, 0.1) is 11.8 Å². The molecule has 0 aromatic heterocycles. The summed E-state index contributed by atoms with van der Waals surface area (Å²) in [4.78, 5) is 0. The van der Waals surface area contributed by atoms with Crippen LogP contribution in [0.15, 0.2) is 0 Å².